The highest BCUT2D eigenvalue weighted by molar-refractivity contribution is 7.92. The molecule has 0 fully saturated rings. The predicted octanol–water partition coefficient (Wildman–Crippen LogP) is 6.75. The highest BCUT2D eigenvalue weighted by Gasteiger charge is 2.32. The summed E-state index contributed by atoms with van der Waals surface area (Å²) in [6.45, 7) is 8.38. The molecule has 0 saturated heterocycles. The van der Waals surface area contributed by atoms with Crippen molar-refractivity contribution in [1.82, 2.24) is 0 Å². The fourth-order valence-electron chi connectivity index (χ4n) is 5.11. The number of furan rings is 1. The Morgan fingerprint density at radius 1 is 1.06 bits per heavy atom. The van der Waals surface area contributed by atoms with Crippen LogP contribution in [-0.2, 0) is 22.9 Å². The van der Waals surface area contributed by atoms with Crippen molar-refractivity contribution in [3.63, 3.8) is 0 Å². The minimum Gasteiger partial charge on any atom is -0.460 e. The van der Waals surface area contributed by atoms with E-state index in [2.05, 4.69) is 25.5 Å². The van der Waals surface area contributed by atoms with Crippen LogP contribution < -0.4 is 4.72 Å². The number of hydrogen-bond donors (Lipinski definition) is 1. The van der Waals surface area contributed by atoms with Crippen molar-refractivity contribution < 1.29 is 17.8 Å². The molecule has 0 radical (unpaired) electrons. The summed E-state index contributed by atoms with van der Waals surface area (Å²) < 4.78 is 35.9. The maximum absolute atomic E-state index is 13.4. The zero-order valence-electron chi connectivity index (χ0n) is 20.2. The molecule has 4 aromatic rings. The van der Waals surface area contributed by atoms with Gasteiger partial charge in [-0.1, -0.05) is 51.1 Å². The van der Waals surface area contributed by atoms with E-state index in [1.54, 1.807) is 6.92 Å². The first-order valence-corrected chi connectivity index (χ1v) is 13.2. The molecular weight excluding hydrogens is 464 g/mol. The van der Waals surface area contributed by atoms with Gasteiger partial charge in [-0.2, -0.15) is 0 Å². The minimum absolute atomic E-state index is 0.113. The summed E-state index contributed by atoms with van der Waals surface area (Å²) in [6, 6.07) is 13.3. The Hall–Kier alpha value is -3.39. The Bertz CT molecular complexity index is 1600. The van der Waals surface area contributed by atoms with Gasteiger partial charge in [-0.3, -0.25) is 14.8 Å². The molecule has 3 aromatic carbocycles. The van der Waals surface area contributed by atoms with Crippen molar-refractivity contribution in [3.05, 3.63) is 75.5 Å². The molecule has 7 nitrogen and oxygen atoms in total. The number of non-ortho nitro benzene ring substituents is 1. The van der Waals surface area contributed by atoms with E-state index in [0.717, 1.165) is 53.0 Å². The van der Waals surface area contributed by atoms with Crippen molar-refractivity contribution in [2.24, 2.45) is 11.3 Å². The van der Waals surface area contributed by atoms with Crippen molar-refractivity contribution in [1.29, 1.82) is 0 Å². The predicted molar refractivity (Wildman–Crippen MR) is 137 cm³/mol. The van der Waals surface area contributed by atoms with E-state index in [1.807, 2.05) is 30.3 Å². The third-order valence-electron chi connectivity index (χ3n) is 7.19. The number of benzene rings is 3. The Morgan fingerprint density at radius 2 is 1.77 bits per heavy atom. The number of nitrogens with zero attached hydrogens (tertiary/aromatic N) is 1. The van der Waals surface area contributed by atoms with Crippen LogP contribution in [0.3, 0.4) is 0 Å². The number of nitro benzene ring substituents is 1. The Balaban J connectivity index is 1.67. The number of hydrogen-bond acceptors (Lipinski definition) is 5. The lowest BCUT2D eigenvalue weighted by Gasteiger charge is -2.33. The van der Waals surface area contributed by atoms with Crippen molar-refractivity contribution in [2.45, 2.75) is 51.9 Å². The summed E-state index contributed by atoms with van der Waals surface area (Å²) in [4.78, 5) is 10.5. The molecule has 0 unspecified atom stereocenters. The van der Waals surface area contributed by atoms with Gasteiger partial charge in [0.05, 0.1) is 15.5 Å². The minimum atomic E-state index is -4.08. The molecule has 5 rings (SSSR count). The first-order chi connectivity index (χ1) is 16.5. The smallest absolute Gasteiger partial charge is 0.270 e. The Morgan fingerprint density at radius 3 is 2.46 bits per heavy atom. The third-order valence-corrected chi connectivity index (χ3v) is 8.70. The van der Waals surface area contributed by atoms with Crippen LogP contribution in [0.1, 0.15) is 44.1 Å². The third kappa shape index (κ3) is 4.05. The highest BCUT2D eigenvalue weighted by Crippen LogP contribution is 2.44. The SMILES string of the molecule is Cc1ccc([N+](=O)[O-])cc1S(=O)(=O)Nc1cc2c3c(oc2c2ccccc12)CC[C@H](C(C)(C)C)C3. The van der Waals surface area contributed by atoms with Gasteiger partial charge < -0.3 is 4.42 Å². The average Bonchev–Trinajstić information content (AvgIpc) is 3.16. The molecule has 0 aliphatic heterocycles. The van der Waals surface area contributed by atoms with E-state index in [1.165, 1.54) is 12.1 Å². The molecule has 1 aliphatic carbocycles. The fraction of sp³-hybridized carbons (Fsp3) is 0.333. The number of fused-ring (bicyclic) bond motifs is 5. The molecule has 0 spiro atoms. The van der Waals surface area contributed by atoms with Crippen LogP contribution in [0.25, 0.3) is 21.7 Å². The van der Waals surface area contributed by atoms with Crippen LogP contribution in [0.5, 0.6) is 0 Å². The maximum atomic E-state index is 13.4. The largest absolute Gasteiger partial charge is 0.460 e. The zero-order valence-corrected chi connectivity index (χ0v) is 21.0. The summed E-state index contributed by atoms with van der Waals surface area (Å²) in [5.41, 5.74) is 2.66. The molecule has 1 aliphatic rings. The number of anilines is 1. The zero-order chi connectivity index (χ0) is 25.1. The van der Waals surface area contributed by atoms with E-state index in [4.69, 9.17) is 4.42 Å². The number of rotatable bonds is 4. The molecule has 1 atom stereocenters. The molecule has 0 bridgehead atoms. The van der Waals surface area contributed by atoms with Crippen LogP contribution in [-0.4, -0.2) is 13.3 Å². The summed E-state index contributed by atoms with van der Waals surface area (Å²) >= 11 is 0. The van der Waals surface area contributed by atoms with E-state index in [-0.39, 0.29) is 16.0 Å². The first-order valence-electron chi connectivity index (χ1n) is 11.7. The van der Waals surface area contributed by atoms with Gasteiger partial charge in [-0.15, -0.1) is 0 Å². The van der Waals surface area contributed by atoms with E-state index < -0.39 is 14.9 Å². The Labute approximate surface area is 204 Å². The second-order valence-electron chi connectivity index (χ2n) is 10.5. The first kappa shape index (κ1) is 23.4. The summed E-state index contributed by atoms with van der Waals surface area (Å²) in [6.07, 6.45) is 2.79. The second-order valence-corrected chi connectivity index (χ2v) is 12.1. The van der Waals surface area contributed by atoms with E-state index in [9.17, 15) is 18.5 Å². The van der Waals surface area contributed by atoms with Gasteiger partial charge in [-0.05, 0) is 42.7 Å². The van der Waals surface area contributed by atoms with Crippen LogP contribution in [0.2, 0.25) is 0 Å². The van der Waals surface area contributed by atoms with Gasteiger partial charge in [0.15, 0.2) is 0 Å². The number of nitrogens with one attached hydrogen (secondary N) is 1. The van der Waals surface area contributed by atoms with Gasteiger partial charge in [0.1, 0.15) is 11.3 Å². The topological polar surface area (TPSA) is 102 Å². The number of nitro groups is 1. The second kappa shape index (κ2) is 8.09. The summed E-state index contributed by atoms with van der Waals surface area (Å²) in [7, 11) is -4.08. The molecule has 35 heavy (non-hydrogen) atoms. The van der Waals surface area contributed by atoms with Crippen LogP contribution in [0.4, 0.5) is 11.4 Å². The summed E-state index contributed by atoms with van der Waals surface area (Å²) in [5, 5.41) is 13.7. The van der Waals surface area contributed by atoms with Crippen molar-refractivity contribution in [2.75, 3.05) is 4.72 Å². The highest BCUT2D eigenvalue weighted by atomic mass is 32.2. The van der Waals surface area contributed by atoms with Gasteiger partial charge in [0.25, 0.3) is 15.7 Å². The van der Waals surface area contributed by atoms with Gasteiger partial charge in [0, 0.05) is 40.3 Å². The Kier molecular flexibility index (Phi) is 5.40. The lowest BCUT2D eigenvalue weighted by Crippen LogP contribution is -2.26. The van der Waals surface area contributed by atoms with Crippen LogP contribution >= 0.6 is 0 Å². The normalized spacial score (nSPS) is 16.4. The lowest BCUT2D eigenvalue weighted by atomic mass is 9.71. The molecule has 1 N–H and O–H groups in total. The quantitative estimate of drug-likeness (QED) is 0.251. The van der Waals surface area contributed by atoms with Crippen molar-refractivity contribution >= 4 is 43.1 Å². The lowest BCUT2D eigenvalue weighted by molar-refractivity contribution is -0.385. The molecule has 0 saturated carbocycles. The number of sulfonamides is 1. The molecule has 1 aromatic heterocycles. The van der Waals surface area contributed by atoms with Gasteiger partial charge in [-0.25, -0.2) is 8.42 Å². The van der Waals surface area contributed by atoms with E-state index in [0.29, 0.717) is 22.6 Å². The molecule has 0 amide bonds. The standard InChI is InChI=1S/C27H28N2O5S/c1-16-9-11-18(29(30)31)14-25(16)35(32,33)28-23-15-22-21-13-17(27(2,3)4)10-12-24(21)34-26(22)20-8-6-5-7-19(20)23/h5-9,11,14-15,17,28H,10,12-13H2,1-4H3/t17-/m0/s1. The summed E-state index contributed by atoms with van der Waals surface area (Å²) in [5.74, 6) is 1.47. The van der Waals surface area contributed by atoms with Gasteiger partial charge >= 0.3 is 0 Å². The van der Waals surface area contributed by atoms with Crippen LogP contribution in [0, 0.1) is 28.4 Å². The monoisotopic (exact) mass is 492 g/mol. The fourth-order valence-corrected chi connectivity index (χ4v) is 6.45. The molecule has 182 valence electrons. The average molecular weight is 493 g/mol. The number of aryl methyl sites for hydroxylation is 2. The molecule has 1 heterocycles. The maximum Gasteiger partial charge on any atom is 0.270 e. The van der Waals surface area contributed by atoms with Gasteiger partial charge in [0.2, 0.25) is 0 Å². The van der Waals surface area contributed by atoms with Crippen LogP contribution in [0.15, 0.2) is 57.8 Å². The molecular formula is C27H28N2O5S. The van der Waals surface area contributed by atoms with E-state index >= 15 is 0 Å². The molecule has 8 heteroatoms. The van der Waals surface area contributed by atoms with Crippen molar-refractivity contribution in [3.8, 4) is 0 Å².